The van der Waals surface area contributed by atoms with Gasteiger partial charge < -0.3 is 4.90 Å². The zero-order chi connectivity index (χ0) is 15.8. The van der Waals surface area contributed by atoms with E-state index in [1.807, 2.05) is 0 Å². The van der Waals surface area contributed by atoms with Crippen LogP contribution in [-0.4, -0.2) is 39.1 Å². The number of hydrogen-bond acceptors (Lipinski definition) is 3. The number of nitrogens with one attached hydrogen (secondary N) is 1. The molecule has 0 spiro atoms. The van der Waals surface area contributed by atoms with E-state index in [1.54, 1.807) is 50.1 Å². The van der Waals surface area contributed by atoms with Crippen molar-refractivity contribution >= 4 is 26.5 Å². The molecule has 0 amide bonds. The van der Waals surface area contributed by atoms with Gasteiger partial charge in [-0.15, -0.1) is 0 Å². The number of alkyl halides is 1. The summed E-state index contributed by atoms with van der Waals surface area (Å²) in [6.45, 7) is 3.10. The Morgan fingerprint density at radius 1 is 1.29 bits per heavy atom. The maximum Gasteiger partial charge on any atom is 0.243 e. The molecule has 1 aliphatic rings. The highest BCUT2D eigenvalue weighted by atomic mass is 35.5. The normalized spacial score (nSPS) is 19.9. The monoisotopic (exact) mass is 332 g/mol. The molecule has 0 unspecified atom stereocenters. The van der Waals surface area contributed by atoms with E-state index in [0.717, 1.165) is 0 Å². The molecule has 0 saturated carbocycles. The van der Waals surface area contributed by atoms with Gasteiger partial charge in [0, 0.05) is 18.6 Å². The summed E-state index contributed by atoms with van der Waals surface area (Å²) < 4.78 is 40.2. The topological polar surface area (TPSA) is 49.4 Å². The minimum atomic E-state index is -3.65. The molecule has 1 aromatic rings. The lowest BCUT2D eigenvalue weighted by Crippen LogP contribution is -2.42. The molecule has 2 rings (SSSR count). The summed E-state index contributed by atoms with van der Waals surface area (Å²) in [6, 6.07) is 6.58. The second-order valence-corrected chi connectivity index (χ2v) is 7.58. The number of halogens is 2. The molecule has 7 heteroatoms. The van der Waals surface area contributed by atoms with Gasteiger partial charge in [0.05, 0.1) is 11.2 Å². The highest BCUT2D eigenvalue weighted by Gasteiger charge is 2.44. The molecule has 0 bridgehead atoms. The molecule has 1 aromatic carbocycles. The molecule has 1 aliphatic heterocycles. The number of hydrogen-bond donors (Lipinski definition) is 1. The van der Waals surface area contributed by atoms with Crippen LogP contribution in [0.1, 0.15) is 19.4 Å². The predicted molar refractivity (Wildman–Crippen MR) is 83.1 cm³/mol. The SMILES string of the molecule is CN(CCF)C1=C(c2ccc(Cl)cc2)S(=O)(=O)NC1(C)C. The van der Waals surface area contributed by atoms with E-state index < -0.39 is 22.2 Å². The molecule has 116 valence electrons. The average Bonchev–Trinajstić information content (AvgIpc) is 2.55. The molecule has 1 N–H and O–H groups in total. The molecule has 0 atom stereocenters. The van der Waals surface area contributed by atoms with Crippen molar-refractivity contribution in [2.75, 3.05) is 20.3 Å². The molecular weight excluding hydrogens is 315 g/mol. The van der Waals surface area contributed by atoms with Crippen LogP contribution < -0.4 is 4.72 Å². The molecular formula is C14H18ClFN2O2S. The van der Waals surface area contributed by atoms with Crippen molar-refractivity contribution < 1.29 is 12.8 Å². The Labute approximate surface area is 129 Å². The first-order valence-corrected chi connectivity index (χ1v) is 8.37. The van der Waals surface area contributed by atoms with E-state index in [9.17, 15) is 12.8 Å². The maximum atomic E-state index is 12.7. The summed E-state index contributed by atoms with van der Waals surface area (Å²) in [6.07, 6.45) is 0. The van der Waals surface area contributed by atoms with Gasteiger partial charge in [0.15, 0.2) is 0 Å². The third-order valence-electron chi connectivity index (χ3n) is 3.37. The Balaban J connectivity index is 2.67. The fourth-order valence-electron chi connectivity index (χ4n) is 2.63. The van der Waals surface area contributed by atoms with Gasteiger partial charge in [-0.3, -0.25) is 0 Å². The number of rotatable bonds is 4. The molecule has 0 aromatic heterocycles. The van der Waals surface area contributed by atoms with Crippen LogP contribution in [0.3, 0.4) is 0 Å². The number of sulfonamides is 1. The Hall–Kier alpha value is -1.11. The minimum Gasteiger partial charge on any atom is -0.373 e. The van der Waals surface area contributed by atoms with Gasteiger partial charge in [-0.2, -0.15) is 4.72 Å². The third-order valence-corrected chi connectivity index (χ3v) is 5.37. The number of likely N-dealkylation sites (N-methyl/N-ethyl adjacent to an activating group) is 1. The average molecular weight is 333 g/mol. The van der Waals surface area contributed by atoms with Gasteiger partial charge in [0.1, 0.15) is 11.6 Å². The predicted octanol–water partition coefficient (Wildman–Crippen LogP) is 2.62. The van der Waals surface area contributed by atoms with Crippen LogP contribution in [0.15, 0.2) is 30.0 Å². The van der Waals surface area contributed by atoms with Crippen molar-refractivity contribution in [1.82, 2.24) is 9.62 Å². The van der Waals surface area contributed by atoms with Crippen LogP contribution in [-0.2, 0) is 10.0 Å². The van der Waals surface area contributed by atoms with Crippen LogP contribution >= 0.6 is 11.6 Å². The first kappa shape index (κ1) is 16.3. The molecule has 0 saturated heterocycles. The highest BCUT2D eigenvalue weighted by molar-refractivity contribution is 7.99. The second-order valence-electron chi connectivity index (χ2n) is 5.53. The Morgan fingerprint density at radius 2 is 1.86 bits per heavy atom. The van der Waals surface area contributed by atoms with Crippen LogP contribution in [0.2, 0.25) is 5.02 Å². The zero-order valence-electron chi connectivity index (χ0n) is 12.2. The summed E-state index contributed by atoms with van der Waals surface area (Å²) in [4.78, 5) is 1.82. The Kier molecular flexibility index (Phi) is 4.33. The van der Waals surface area contributed by atoms with E-state index in [2.05, 4.69) is 4.72 Å². The van der Waals surface area contributed by atoms with Gasteiger partial charge in [0.2, 0.25) is 10.0 Å². The van der Waals surface area contributed by atoms with Crippen molar-refractivity contribution in [3.63, 3.8) is 0 Å². The van der Waals surface area contributed by atoms with E-state index in [1.165, 1.54) is 0 Å². The molecule has 21 heavy (non-hydrogen) atoms. The molecule has 4 nitrogen and oxygen atoms in total. The Morgan fingerprint density at radius 3 is 2.38 bits per heavy atom. The zero-order valence-corrected chi connectivity index (χ0v) is 13.7. The van der Waals surface area contributed by atoms with Crippen LogP contribution in [0.25, 0.3) is 4.91 Å². The van der Waals surface area contributed by atoms with E-state index in [-0.39, 0.29) is 11.4 Å². The summed E-state index contributed by atoms with van der Waals surface area (Å²) >= 11 is 5.85. The largest absolute Gasteiger partial charge is 0.373 e. The van der Waals surface area contributed by atoms with Crippen LogP contribution in [0.5, 0.6) is 0 Å². The van der Waals surface area contributed by atoms with Crippen molar-refractivity contribution in [3.05, 3.63) is 40.5 Å². The van der Waals surface area contributed by atoms with E-state index >= 15 is 0 Å². The van der Waals surface area contributed by atoms with Gasteiger partial charge in [-0.05, 0) is 31.5 Å². The summed E-state index contributed by atoms with van der Waals surface area (Å²) in [5.74, 6) is 0. The van der Waals surface area contributed by atoms with Crippen molar-refractivity contribution in [3.8, 4) is 0 Å². The first-order chi connectivity index (χ1) is 9.69. The summed E-state index contributed by atoms with van der Waals surface area (Å²) in [7, 11) is -1.96. The quantitative estimate of drug-likeness (QED) is 0.922. The van der Waals surface area contributed by atoms with Crippen LogP contribution in [0.4, 0.5) is 4.39 Å². The first-order valence-electron chi connectivity index (χ1n) is 6.51. The highest BCUT2D eigenvalue weighted by Crippen LogP contribution is 2.39. The minimum absolute atomic E-state index is 0.132. The van der Waals surface area contributed by atoms with Crippen molar-refractivity contribution in [2.45, 2.75) is 19.4 Å². The Bertz CT molecular complexity index is 669. The molecule has 1 heterocycles. The van der Waals surface area contributed by atoms with Gasteiger partial charge in [-0.1, -0.05) is 23.7 Å². The summed E-state index contributed by atoms with van der Waals surface area (Å²) in [5, 5.41) is 0.528. The fraction of sp³-hybridized carbons (Fsp3) is 0.429. The number of benzene rings is 1. The van der Waals surface area contributed by atoms with Gasteiger partial charge in [-0.25, -0.2) is 12.8 Å². The molecule has 0 radical (unpaired) electrons. The van der Waals surface area contributed by atoms with E-state index in [4.69, 9.17) is 11.6 Å². The van der Waals surface area contributed by atoms with E-state index in [0.29, 0.717) is 16.3 Å². The lowest BCUT2D eigenvalue weighted by molar-refractivity contribution is 0.310. The second kappa shape index (κ2) is 5.59. The van der Waals surface area contributed by atoms with Crippen molar-refractivity contribution in [2.24, 2.45) is 0 Å². The van der Waals surface area contributed by atoms with Gasteiger partial charge >= 0.3 is 0 Å². The molecule has 0 aliphatic carbocycles. The van der Waals surface area contributed by atoms with Crippen LogP contribution in [0, 0.1) is 0 Å². The lowest BCUT2D eigenvalue weighted by Gasteiger charge is -2.30. The summed E-state index contributed by atoms with van der Waals surface area (Å²) in [5.41, 5.74) is 0.304. The smallest absolute Gasteiger partial charge is 0.243 e. The molecule has 0 fully saturated rings. The maximum absolute atomic E-state index is 12.7. The number of nitrogens with zero attached hydrogens (tertiary/aromatic N) is 1. The lowest BCUT2D eigenvalue weighted by atomic mass is 9.98. The van der Waals surface area contributed by atoms with Crippen molar-refractivity contribution in [1.29, 1.82) is 0 Å². The van der Waals surface area contributed by atoms with Gasteiger partial charge in [0.25, 0.3) is 0 Å². The fourth-order valence-corrected chi connectivity index (χ4v) is 4.74. The standard InChI is InChI=1S/C14H18ClFN2O2S/c1-14(2)13(18(3)9-8-16)12(21(19,20)17-14)10-4-6-11(15)7-5-10/h4-7,17H,8-9H2,1-3H3. The third kappa shape index (κ3) is 3.07.